The zero-order valence-electron chi connectivity index (χ0n) is 11.7. The molecule has 0 bridgehead atoms. The molecule has 4 rings (SSSR count). The van der Waals surface area contributed by atoms with Gasteiger partial charge in [0.2, 0.25) is 5.91 Å². The fourth-order valence-electron chi connectivity index (χ4n) is 2.89. The maximum Gasteiger partial charge on any atom is 0.228 e. The highest BCUT2D eigenvalue weighted by molar-refractivity contribution is 9.10. The van der Waals surface area contributed by atoms with Crippen molar-refractivity contribution in [1.29, 1.82) is 0 Å². The molecule has 2 unspecified atom stereocenters. The molecule has 5 heteroatoms. The second kappa shape index (κ2) is 5.25. The predicted octanol–water partition coefficient (Wildman–Crippen LogP) is 4.07. The number of anilines is 1. The summed E-state index contributed by atoms with van der Waals surface area (Å²) >= 11 is 3.48. The van der Waals surface area contributed by atoms with Crippen molar-refractivity contribution in [2.75, 3.05) is 5.32 Å². The molecule has 1 saturated carbocycles. The lowest BCUT2D eigenvalue weighted by Crippen LogP contribution is -2.14. The summed E-state index contributed by atoms with van der Waals surface area (Å²) in [6.07, 6.45) is 2.66. The molecule has 3 aromatic rings. The first-order chi connectivity index (χ1) is 10.7. The van der Waals surface area contributed by atoms with E-state index >= 15 is 0 Å². The summed E-state index contributed by atoms with van der Waals surface area (Å²) in [7, 11) is 0. The van der Waals surface area contributed by atoms with Crippen LogP contribution in [0, 0.1) is 5.92 Å². The maximum atomic E-state index is 12.5. The first-order valence-corrected chi connectivity index (χ1v) is 8.00. The van der Waals surface area contributed by atoms with Crippen LogP contribution in [0.2, 0.25) is 0 Å². The Morgan fingerprint density at radius 1 is 1.27 bits per heavy atom. The summed E-state index contributed by atoms with van der Waals surface area (Å²) in [4.78, 5) is 12.5. The van der Waals surface area contributed by atoms with E-state index in [-0.39, 0.29) is 11.8 Å². The molecule has 2 aromatic carbocycles. The Morgan fingerprint density at radius 2 is 2.14 bits per heavy atom. The minimum Gasteiger partial charge on any atom is -0.324 e. The third-order valence-corrected chi connectivity index (χ3v) is 4.63. The lowest BCUT2D eigenvalue weighted by Gasteiger charge is -2.06. The number of hydrogen-bond acceptors (Lipinski definition) is 2. The maximum absolute atomic E-state index is 12.5. The normalized spacial score (nSPS) is 20.0. The number of fused-ring (bicyclic) bond motifs is 1. The Hall–Kier alpha value is -2.14. The predicted molar refractivity (Wildman–Crippen MR) is 89.7 cm³/mol. The third-order valence-electron chi connectivity index (χ3n) is 4.14. The van der Waals surface area contributed by atoms with Crippen molar-refractivity contribution >= 4 is 38.4 Å². The number of carbonyl (C=O) groups excluding carboxylic acids is 1. The van der Waals surface area contributed by atoms with E-state index < -0.39 is 0 Å². The minimum atomic E-state index is 0.0486. The third kappa shape index (κ3) is 2.41. The van der Waals surface area contributed by atoms with E-state index in [1.54, 1.807) is 6.20 Å². The number of H-pyrrole nitrogens is 1. The van der Waals surface area contributed by atoms with Gasteiger partial charge in [-0.2, -0.15) is 5.10 Å². The first-order valence-electron chi connectivity index (χ1n) is 7.21. The highest BCUT2D eigenvalue weighted by Crippen LogP contribution is 2.48. The van der Waals surface area contributed by atoms with Gasteiger partial charge in [-0.25, -0.2) is 0 Å². The van der Waals surface area contributed by atoms with Crippen LogP contribution in [0.15, 0.2) is 53.1 Å². The number of halogens is 1. The van der Waals surface area contributed by atoms with Crippen LogP contribution in [0.3, 0.4) is 0 Å². The van der Waals surface area contributed by atoms with Crippen molar-refractivity contribution in [3.63, 3.8) is 0 Å². The van der Waals surface area contributed by atoms with Crippen molar-refractivity contribution in [2.45, 2.75) is 12.3 Å². The smallest absolute Gasteiger partial charge is 0.228 e. The van der Waals surface area contributed by atoms with Crippen molar-refractivity contribution < 1.29 is 4.79 Å². The van der Waals surface area contributed by atoms with Gasteiger partial charge in [0.15, 0.2) is 0 Å². The number of hydrogen-bond donors (Lipinski definition) is 2. The molecule has 0 radical (unpaired) electrons. The second-order valence-corrected chi connectivity index (χ2v) is 6.55. The summed E-state index contributed by atoms with van der Waals surface area (Å²) in [5.74, 6) is 0.443. The average Bonchev–Trinajstić information content (AvgIpc) is 3.17. The van der Waals surface area contributed by atoms with E-state index in [9.17, 15) is 4.79 Å². The molecule has 1 heterocycles. The zero-order valence-corrected chi connectivity index (χ0v) is 13.3. The number of benzene rings is 2. The Labute approximate surface area is 136 Å². The Balaban J connectivity index is 1.51. The van der Waals surface area contributed by atoms with Gasteiger partial charge in [-0.3, -0.25) is 9.89 Å². The number of rotatable bonds is 3. The van der Waals surface area contributed by atoms with Crippen molar-refractivity contribution in [3.05, 3.63) is 58.7 Å². The molecule has 0 spiro atoms. The zero-order chi connectivity index (χ0) is 15.1. The summed E-state index contributed by atoms with van der Waals surface area (Å²) < 4.78 is 1.05. The van der Waals surface area contributed by atoms with Crippen LogP contribution in [0.1, 0.15) is 17.9 Å². The number of nitrogens with one attached hydrogen (secondary N) is 2. The van der Waals surface area contributed by atoms with E-state index in [2.05, 4.69) is 43.6 Å². The molecule has 1 aliphatic carbocycles. The standard InChI is InChI=1S/C17H14BrN3O/c18-12-5-1-3-10(7-12)13-8-14(13)17(22)20-15-6-2-4-11-9-19-21-16(11)15/h1-7,9,13-14H,8H2,(H,19,21)(H,20,22). The van der Waals surface area contributed by atoms with E-state index in [4.69, 9.17) is 0 Å². The number of nitrogens with zero attached hydrogens (tertiary/aromatic N) is 1. The molecule has 2 atom stereocenters. The van der Waals surface area contributed by atoms with Crippen LogP contribution in [-0.2, 0) is 4.79 Å². The number of amides is 1. The van der Waals surface area contributed by atoms with Crippen LogP contribution in [0.5, 0.6) is 0 Å². The van der Waals surface area contributed by atoms with Crippen LogP contribution in [0.25, 0.3) is 10.9 Å². The van der Waals surface area contributed by atoms with Gasteiger partial charge in [0.1, 0.15) is 0 Å². The van der Waals surface area contributed by atoms with Crippen LogP contribution in [0.4, 0.5) is 5.69 Å². The van der Waals surface area contributed by atoms with Crippen molar-refractivity contribution in [3.8, 4) is 0 Å². The Bertz CT molecular complexity index is 858. The van der Waals surface area contributed by atoms with Crippen LogP contribution in [-0.4, -0.2) is 16.1 Å². The molecule has 1 aliphatic rings. The molecule has 1 aromatic heterocycles. The largest absolute Gasteiger partial charge is 0.324 e. The average molecular weight is 356 g/mol. The summed E-state index contributed by atoms with van der Waals surface area (Å²) in [5.41, 5.74) is 2.88. The van der Waals surface area contributed by atoms with Gasteiger partial charge in [-0.05, 0) is 36.1 Å². The van der Waals surface area contributed by atoms with E-state index in [0.717, 1.165) is 27.5 Å². The molecule has 110 valence electrons. The van der Waals surface area contributed by atoms with Crippen LogP contribution < -0.4 is 5.32 Å². The Kier molecular flexibility index (Phi) is 3.22. The van der Waals surface area contributed by atoms with E-state index in [1.807, 2.05) is 30.3 Å². The van der Waals surface area contributed by atoms with Gasteiger partial charge in [0.05, 0.1) is 17.4 Å². The fourth-order valence-corrected chi connectivity index (χ4v) is 3.31. The first kappa shape index (κ1) is 13.5. The lowest BCUT2D eigenvalue weighted by molar-refractivity contribution is -0.117. The molecule has 1 fully saturated rings. The van der Waals surface area contributed by atoms with Gasteiger partial charge >= 0.3 is 0 Å². The number of carbonyl (C=O) groups is 1. The molecule has 1 amide bonds. The summed E-state index contributed by atoms with van der Waals surface area (Å²) in [5, 5.41) is 11.0. The van der Waals surface area contributed by atoms with Crippen molar-refractivity contribution in [1.82, 2.24) is 10.2 Å². The minimum absolute atomic E-state index is 0.0486. The highest BCUT2D eigenvalue weighted by atomic mass is 79.9. The monoisotopic (exact) mass is 355 g/mol. The van der Waals surface area contributed by atoms with Gasteiger partial charge in [0.25, 0.3) is 0 Å². The number of aromatic nitrogens is 2. The lowest BCUT2D eigenvalue weighted by atomic mass is 10.1. The van der Waals surface area contributed by atoms with E-state index in [0.29, 0.717) is 5.92 Å². The quantitative estimate of drug-likeness (QED) is 0.743. The van der Waals surface area contributed by atoms with Gasteiger partial charge in [-0.1, -0.05) is 40.2 Å². The molecule has 22 heavy (non-hydrogen) atoms. The topological polar surface area (TPSA) is 57.8 Å². The fraction of sp³-hybridized carbons (Fsp3) is 0.176. The number of para-hydroxylation sites is 1. The van der Waals surface area contributed by atoms with Crippen molar-refractivity contribution in [2.24, 2.45) is 5.92 Å². The van der Waals surface area contributed by atoms with Gasteiger partial charge < -0.3 is 5.32 Å². The summed E-state index contributed by atoms with van der Waals surface area (Å²) in [6, 6.07) is 14.0. The Morgan fingerprint density at radius 3 is 3.00 bits per heavy atom. The number of aromatic amines is 1. The van der Waals surface area contributed by atoms with Crippen LogP contribution >= 0.6 is 15.9 Å². The summed E-state index contributed by atoms with van der Waals surface area (Å²) in [6.45, 7) is 0. The molecule has 4 nitrogen and oxygen atoms in total. The molecule has 0 aliphatic heterocycles. The van der Waals surface area contributed by atoms with E-state index in [1.165, 1.54) is 5.56 Å². The molecular weight excluding hydrogens is 342 g/mol. The second-order valence-electron chi connectivity index (χ2n) is 5.63. The molecular formula is C17H14BrN3O. The highest BCUT2D eigenvalue weighted by Gasteiger charge is 2.44. The molecule has 0 saturated heterocycles. The van der Waals surface area contributed by atoms with Gasteiger partial charge in [-0.15, -0.1) is 0 Å². The molecule has 2 N–H and O–H groups in total. The SMILES string of the molecule is O=C(Nc1cccc2cn[nH]c12)C1CC1c1cccc(Br)c1. The van der Waals surface area contributed by atoms with Gasteiger partial charge in [0, 0.05) is 15.8 Å².